The Labute approximate surface area is 156 Å². The molecule has 0 aliphatic carbocycles. The number of hydrogen-bond acceptors (Lipinski definition) is 3. The average Bonchev–Trinajstić information content (AvgIpc) is 3.04. The first-order chi connectivity index (χ1) is 12.9. The maximum Gasteiger partial charge on any atom is 0.254 e. The van der Waals surface area contributed by atoms with Crippen molar-refractivity contribution >= 4 is 17.7 Å². The maximum atomic E-state index is 13.3. The molecule has 1 aromatic carbocycles. The number of nitrogens with zero attached hydrogens (tertiary/aromatic N) is 3. The van der Waals surface area contributed by atoms with Crippen molar-refractivity contribution in [2.45, 2.75) is 19.8 Å². The lowest BCUT2D eigenvalue weighted by Crippen LogP contribution is -2.52. The first-order valence-electron chi connectivity index (χ1n) is 9.21. The minimum Gasteiger partial charge on any atom is -0.342 e. The van der Waals surface area contributed by atoms with E-state index in [4.69, 9.17) is 0 Å². The molecule has 0 radical (unpaired) electrons. The number of carbonyl (C=O) groups is 3. The summed E-state index contributed by atoms with van der Waals surface area (Å²) in [5, 5.41) is 0. The van der Waals surface area contributed by atoms with Crippen LogP contribution in [-0.2, 0) is 9.59 Å². The Kier molecular flexibility index (Phi) is 5.72. The number of likely N-dealkylation sites (tertiary alicyclic amines) is 1. The van der Waals surface area contributed by atoms with E-state index in [-0.39, 0.29) is 35.6 Å². The van der Waals surface area contributed by atoms with Gasteiger partial charge in [-0.1, -0.05) is 6.92 Å². The molecule has 2 aliphatic heterocycles. The van der Waals surface area contributed by atoms with E-state index >= 15 is 0 Å². The lowest BCUT2D eigenvalue weighted by atomic mass is 10.1. The fourth-order valence-corrected chi connectivity index (χ4v) is 3.62. The van der Waals surface area contributed by atoms with Crippen LogP contribution in [0.1, 0.15) is 30.1 Å². The summed E-state index contributed by atoms with van der Waals surface area (Å²) in [7, 11) is 0. The summed E-state index contributed by atoms with van der Waals surface area (Å²) in [6.07, 6.45) is 1.10. The zero-order valence-corrected chi connectivity index (χ0v) is 15.3. The number of rotatable bonds is 4. The lowest BCUT2D eigenvalue weighted by molar-refractivity contribution is -0.137. The molecular weight excluding hydrogens is 356 g/mol. The zero-order chi connectivity index (χ0) is 19.6. The van der Waals surface area contributed by atoms with E-state index in [0.29, 0.717) is 39.3 Å². The Balaban J connectivity index is 1.55. The summed E-state index contributed by atoms with van der Waals surface area (Å²) in [6.45, 7) is 4.50. The SMILES string of the molecule is CCCN1CC(C(=O)N2CCN(C(=O)c3ccc(F)c(F)c3)CC2)CC1=O. The maximum absolute atomic E-state index is 13.3. The van der Waals surface area contributed by atoms with Crippen LogP contribution < -0.4 is 0 Å². The van der Waals surface area contributed by atoms with Gasteiger partial charge in [0.15, 0.2) is 11.6 Å². The molecule has 27 heavy (non-hydrogen) atoms. The van der Waals surface area contributed by atoms with Crippen LogP contribution in [0.25, 0.3) is 0 Å². The quantitative estimate of drug-likeness (QED) is 0.797. The Bertz CT molecular complexity index is 748. The monoisotopic (exact) mass is 379 g/mol. The molecule has 1 unspecified atom stereocenters. The average molecular weight is 379 g/mol. The Morgan fingerprint density at radius 3 is 2.37 bits per heavy atom. The van der Waals surface area contributed by atoms with E-state index in [0.717, 1.165) is 18.6 Å². The van der Waals surface area contributed by atoms with Gasteiger partial charge in [0.1, 0.15) is 0 Å². The third kappa shape index (κ3) is 4.09. The van der Waals surface area contributed by atoms with Gasteiger partial charge < -0.3 is 14.7 Å². The van der Waals surface area contributed by atoms with Gasteiger partial charge in [0.2, 0.25) is 11.8 Å². The van der Waals surface area contributed by atoms with Gasteiger partial charge in [-0.2, -0.15) is 0 Å². The number of carbonyl (C=O) groups excluding carboxylic acids is 3. The largest absolute Gasteiger partial charge is 0.342 e. The van der Waals surface area contributed by atoms with Gasteiger partial charge in [0, 0.05) is 51.3 Å². The standard InChI is InChI=1S/C19H23F2N3O3/c1-2-5-24-12-14(11-17(24)25)19(27)23-8-6-22(7-9-23)18(26)13-3-4-15(20)16(21)10-13/h3-4,10,14H,2,5-9,11-12H2,1H3. The molecule has 1 aromatic rings. The molecule has 2 heterocycles. The molecule has 0 bridgehead atoms. The summed E-state index contributed by atoms with van der Waals surface area (Å²) < 4.78 is 26.4. The van der Waals surface area contributed by atoms with Crippen molar-refractivity contribution in [2.75, 3.05) is 39.3 Å². The van der Waals surface area contributed by atoms with Crippen molar-refractivity contribution in [2.24, 2.45) is 5.92 Å². The second-order valence-corrected chi connectivity index (χ2v) is 6.99. The molecular formula is C19H23F2N3O3. The van der Waals surface area contributed by atoms with Gasteiger partial charge in [0.05, 0.1) is 5.92 Å². The highest BCUT2D eigenvalue weighted by Gasteiger charge is 2.37. The molecule has 146 valence electrons. The van der Waals surface area contributed by atoms with Crippen molar-refractivity contribution in [3.05, 3.63) is 35.4 Å². The number of hydrogen-bond donors (Lipinski definition) is 0. The van der Waals surface area contributed by atoms with Gasteiger partial charge in [-0.05, 0) is 24.6 Å². The molecule has 8 heteroatoms. The van der Waals surface area contributed by atoms with E-state index in [2.05, 4.69) is 0 Å². The number of benzene rings is 1. The first kappa shape index (κ1) is 19.3. The molecule has 3 amide bonds. The number of piperazine rings is 1. The minimum atomic E-state index is -1.06. The molecule has 3 rings (SSSR count). The summed E-state index contributed by atoms with van der Waals surface area (Å²) in [4.78, 5) is 42.0. The van der Waals surface area contributed by atoms with Crippen molar-refractivity contribution in [1.29, 1.82) is 0 Å². The highest BCUT2D eigenvalue weighted by Crippen LogP contribution is 2.21. The Morgan fingerprint density at radius 1 is 1.07 bits per heavy atom. The van der Waals surface area contributed by atoms with Crippen molar-refractivity contribution < 1.29 is 23.2 Å². The van der Waals surface area contributed by atoms with E-state index in [1.165, 1.54) is 11.0 Å². The predicted molar refractivity (Wildman–Crippen MR) is 93.8 cm³/mol. The van der Waals surface area contributed by atoms with Crippen molar-refractivity contribution in [1.82, 2.24) is 14.7 Å². The molecule has 2 saturated heterocycles. The second-order valence-electron chi connectivity index (χ2n) is 6.99. The molecule has 2 aliphatic rings. The van der Waals surface area contributed by atoms with Gasteiger partial charge in [0.25, 0.3) is 5.91 Å². The van der Waals surface area contributed by atoms with Crippen LogP contribution in [-0.4, -0.2) is 71.7 Å². The van der Waals surface area contributed by atoms with Gasteiger partial charge in [-0.3, -0.25) is 14.4 Å². The van der Waals surface area contributed by atoms with Gasteiger partial charge >= 0.3 is 0 Å². The summed E-state index contributed by atoms with van der Waals surface area (Å²) in [5.74, 6) is -2.80. The first-order valence-corrected chi connectivity index (χ1v) is 9.21. The minimum absolute atomic E-state index is 0.0161. The fraction of sp³-hybridized carbons (Fsp3) is 0.526. The summed E-state index contributed by atoms with van der Waals surface area (Å²) in [6, 6.07) is 3.08. The van der Waals surface area contributed by atoms with Crippen LogP contribution in [0.4, 0.5) is 8.78 Å². The van der Waals surface area contributed by atoms with E-state index in [1.54, 1.807) is 9.80 Å². The molecule has 0 aromatic heterocycles. The topological polar surface area (TPSA) is 60.9 Å². The predicted octanol–water partition coefficient (Wildman–Crippen LogP) is 1.51. The van der Waals surface area contributed by atoms with Crippen LogP contribution in [0, 0.1) is 17.6 Å². The van der Waals surface area contributed by atoms with E-state index in [1.807, 2.05) is 6.92 Å². The van der Waals surface area contributed by atoms with Crippen LogP contribution in [0.3, 0.4) is 0 Å². The highest BCUT2D eigenvalue weighted by molar-refractivity contribution is 5.94. The summed E-state index contributed by atoms with van der Waals surface area (Å²) >= 11 is 0. The smallest absolute Gasteiger partial charge is 0.254 e. The summed E-state index contributed by atoms with van der Waals surface area (Å²) in [5.41, 5.74) is 0.0882. The highest BCUT2D eigenvalue weighted by atomic mass is 19.2. The third-order valence-corrected chi connectivity index (χ3v) is 5.10. The normalized spacial score (nSPS) is 20.3. The molecule has 2 fully saturated rings. The van der Waals surface area contributed by atoms with E-state index in [9.17, 15) is 23.2 Å². The van der Waals surface area contributed by atoms with Crippen LogP contribution >= 0.6 is 0 Å². The lowest BCUT2D eigenvalue weighted by Gasteiger charge is -2.36. The molecule has 0 spiro atoms. The molecule has 6 nitrogen and oxygen atoms in total. The van der Waals surface area contributed by atoms with Gasteiger partial charge in [-0.25, -0.2) is 8.78 Å². The van der Waals surface area contributed by atoms with Crippen LogP contribution in [0.5, 0.6) is 0 Å². The zero-order valence-electron chi connectivity index (χ0n) is 15.3. The Hall–Kier alpha value is -2.51. The molecule has 0 N–H and O–H groups in total. The number of halogens is 2. The molecule has 1 atom stereocenters. The molecule has 0 saturated carbocycles. The Morgan fingerprint density at radius 2 is 1.74 bits per heavy atom. The van der Waals surface area contributed by atoms with Gasteiger partial charge in [-0.15, -0.1) is 0 Å². The van der Waals surface area contributed by atoms with E-state index < -0.39 is 11.6 Å². The van der Waals surface area contributed by atoms with Crippen LogP contribution in [0.15, 0.2) is 18.2 Å². The second kappa shape index (κ2) is 8.02. The van der Waals surface area contributed by atoms with Crippen LogP contribution in [0.2, 0.25) is 0 Å². The number of amides is 3. The van der Waals surface area contributed by atoms with Crippen molar-refractivity contribution in [3.8, 4) is 0 Å². The fourth-order valence-electron chi connectivity index (χ4n) is 3.62. The third-order valence-electron chi connectivity index (χ3n) is 5.10. The van der Waals surface area contributed by atoms with Crippen molar-refractivity contribution in [3.63, 3.8) is 0 Å².